The molecule has 2 rings (SSSR count). The Bertz CT molecular complexity index is 610. The highest BCUT2D eigenvalue weighted by Gasteiger charge is 2.09. The number of nitrogens with one attached hydrogen (secondary N) is 1. The number of carbonyl (C=O) groups excluding carboxylic acids is 1. The Balaban J connectivity index is 1.95. The zero-order valence-electron chi connectivity index (χ0n) is 12.3. The predicted octanol–water partition coefficient (Wildman–Crippen LogP) is 4.57. The summed E-state index contributed by atoms with van der Waals surface area (Å²) in [5, 5.41) is 3.43. The first-order valence-corrected chi connectivity index (χ1v) is 7.32. The van der Waals surface area contributed by atoms with Gasteiger partial charge in [-0.15, -0.1) is 0 Å². The van der Waals surface area contributed by atoms with Crippen molar-refractivity contribution >= 4 is 23.3 Å². The normalized spacial score (nSPS) is 10.2. The maximum Gasteiger partial charge on any atom is 0.321 e. The molecule has 4 heteroatoms. The van der Waals surface area contributed by atoms with Gasteiger partial charge in [-0.3, -0.25) is 0 Å². The van der Waals surface area contributed by atoms with Crippen LogP contribution in [0.4, 0.5) is 10.5 Å². The van der Waals surface area contributed by atoms with Gasteiger partial charge in [-0.1, -0.05) is 48.9 Å². The second kappa shape index (κ2) is 7.14. The molecule has 1 N–H and O–H groups in total. The third-order valence-corrected chi connectivity index (χ3v) is 3.51. The third kappa shape index (κ3) is 4.50. The lowest BCUT2D eigenvalue weighted by Crippen LogP contribution is -2.30. The quantitative estimate of drug-likeness (QED) is 0.882. The van der Waals surface area contributed by atoms with Gasteiger partial charge in [0, 0.05) is 24.3 Å². The summed E-state index contributed by atoms with van der Waals surface area (Å²) in [4.78, 5) is 13.8. The van der Waals surface area contributed by atoms with Crippen LogP contribution < -0.4 is 5.32 Å². The van der Waals surface area contributed by atoms with Gasteiger partial charge in [0.1, 0.15) is 0 Å². The molecule has 0 spiro atoms. The molecule has 0 heterocycles. The summed E-state index contributed by atoms with van der Waals surface area (Å²) in [7, 11) is 1.77. The molecule has 0 atom stereocenters. The SMILES string of the molecule is CCc1ccc(CN(C)C(=O)Nc2cccc(Cl)c2)cc1. The Hall–Kier alpha value is -2.00. The minimum atomic E-state index is -0.156. The lowest BCUT2D eigenvalue weighted by molar-refractivity contribution is 0.220. The Morgan fingerprint density at radius 3 is 2.43 bits per heavy atom. The summed E-state index contributed by atoms with van der Waals surface area (Å²) in [6, 6.07) is 15.3. The van der Waals surface area contributed by atoms with Crippen LogP contribution in [0.3, 0.4) is 0 Å². The van der Waals surface area contributed by atoms with E-state index in [1.165, 1.54) is 5.56 Å². The van der Waals surface area contributed by atoms with E-state index in [2.05, 4.69) is 36.5 Å². The zero-order valence-corrected chi connectivity index (χ0v) is 13.0. The van der Waals surface area contributed by atoms with Gasteiger partial charge in [0.15, 0.2) is 0 Å². The minimum absolute atomic E-state index is 0.156. The molecule has 2 aromatic rings. The smallest absolute Gasteiger partial charge is 0.321 e. The van der Waals surface area contributed by atoms with Gasteiger partial charge in [-0.25, -0.2) is 4.79 Å². The number of rotatable bonds is 4. The van der Waals surface area contributed by atoms with Crippen molar-refractivity contribution in [2.45, 2.75) is 19.9 Å². The van der Waals surface area contributed by atoms with Crippen LogP contribution in [0.25, 0.3) is 0 Å². The molecular weight excluding hydrogens is 284 g/mol. The van der Waals surface area contributed by atoms with Crippen molar-refractivity contribution < 1.29 is 4.79 Å². The summed E-state index contributed by atoms with van der Waals surface area (Å²) >= 11 is 5.90. The maximum absolute atomic E-state index is 12.1. The monoisotopic (exact) mass is 302 g/mol. The number of urea groups is 1. The summed E-state index contributed by atoms with van der Waals surface area (Å²) in [6.07, 6.45) is 1.02. The lowest BCUT2D eigenvalue weighted by Gasteiger charge is -2.18. The van der Waals surface area contributed by atoms with Crippen molar-refractivity contribution in [3.8, 4) is 0 Å². The van der Waals surface area contributed by atoms with Crippen molar-refractivity contribution in [1.82, 2.24) is 4.90 Å². The lowest BCUT2D eigenvalue weighted by atomic mass is 10.1. The van der Waals surface area contributed by atoms with Crippen LogP contribution in [0.15, 0.2) is 48.5 Å². The molecule has 0 bridgehead atoms. The number of anilines is 1. The Morgan fingerprint density at radius 1 is 1.14 bits per heavy atom. The second-order valence-electron chi connectivity index (χ2n) is 4.97. The molecule has 0 fully saturated rings. The van der Waals surface area contributed by atoms with Crippen LogP contribution >= 0.6 is 11.6 Å². The topological polar surface area (TPSA) is 32.3 Å². The van der Waals surface area contributed by atoms with E-state index in [4.69, 9.17) is 11.6 Å². The van der Waals surface area contributed by atoms with E-state index in [9.17, 15) is 4.79 Å². The van der Waals surface area contributed by atoms with E-state index in [1.54, 1.807) is 30.1 Å². The number of hydrogen-bond acceptors (Lipinski definition) is 1. The Labute approximate surface area is 130 Å². The van der Waals surface area contributed by atoms with Crippen molar-refractivity contribution in [2.75, 3.05) is 12.4 Å². The number of nitrogens with zero attached hydrogens (tertiary/aromatic N) is 1. The molecule has 0 aliphatic carbocycles. The number of aryl methyl sites for hydroxylation is 1. The van der Waals surface area contributed by atoms with Gasteiger partial charge in [-0.2, -0.15) is 0 Å². The van der Waals surface area contributed by atoms with Crippen LogP contribution in [0, 0.1) is 0 Å². The highest BCUT2D eigenvalue weighted by Crippen LogP contribution is 2.15. The Morgan fingerprint density at radius 2 is 1.81 bits per heavy atom. The molecule has 21 heavy (non-hydrogen) atoms. The summed E-state index contributed by atoms with van der Waals surface area (Å²) in [6.45, 7) is 2.69. The number of hydrogen-bond donors (Lipinski definition) is 1. The van der Waals surface area contributed by atoms with E-state index in [0.29, 0.717) is 17.3 Å². The highest BCUT2D eigenvalue weighted by molar-refractivity contribution is 6.30. The fraction of sp³-hybridized carbons (Fsp3) is 0.235. The van der Waals surface area contributed by atoms with E-state index in [0.717, 1.165) is 12.0 Å². The fourth-order valence-corrected chi connectivity index (χ4v) is 2.20. The second-order valence-corrected chi connectivity index (χ2v) is 5.40. The molecule has 0 aliphatic rings. The van der Waals surface area contributed by atoms with Crippen LogP contribution in [0.5, 0.6) is 0 Å². The van der Waals surface area contributed by atoms with Crippen molar-refractivity contribution in [3.05, 3.63) is 64.7 Å². The van der Waals surface area contributed by atoms with Gasteiger partial charge in [0.2, 0.25) is 0 Å². The highest BCUT2D eigenvalue weighted by atomic mass is 35.5. The minimum Gasteiger partial charge on any atom is -0.323 e. The fourth-order valence-electron chi connectivity index (χ4n) is 2.01. The first-order chi connectivity index (χ1) is 10.1. The maximum atomic E-state index is 12.1. The van der Waals surface area contributed by atoms with Crippen LogP contribution in [-0.4, -0.2) is 18.0 Å². The summed E-state index contributed by atoms with van der Waals surface area (Å²) < 4.78 is 0. The molecule has 0 saturated heterocycles. The number of carbonyl (C=O) groups is 1. The largest absolute Gasteiger partial charge is 0.323 e. The zero-order chi connectivity index (χ0) is 15.2. The molecule has 3 nitrogen and oxygen atoms in total. The first kappa shape index (κ1) is 15.4. The first-order valence-electron chi connectivity index (χ1n) is 6.94. The summed E-state index contributed by atoms with van der Waals surface area (Å²) in [5.41, 5.74) is 3.10. The molecule has 0 aliphatic heterocycles. The van der Waals surface area contributed by atoms with Gasteiger partial charge in [0.05, 0.1) is 0 Å². The van der Waals surface area contributed by atoms with Crippen molar-refractivity contribution in [2.24, 2.45) is 0 Å². The van der Waals surface area contributed by atoms with E-state index in [1.807, 2.05) is 6.07 Å². The van der Waals surface area contributed by atoms with Crippen LogP contribution in [0.1, 0.15) is 18.1 Å². The van der Waals surface area contributed by atoms with E-state index < -0.39 is 0 Å². The van der Waals surface area contributed by atoms with Gasteiger partial charge >= 0.3 is 6.03 Å². The van der Waals surface area contributed by atoms with Crippen LogP contribution in [-0.2, 0) is 13.0 Å². The van der Waals surface area contributed by atoms with Gasteiger partial charge in [0.25, 0.3) is 0 Å². The summed E-state index contributed by atoms with van der Waals surface area (Å²) in [5.74, 6) is 0. The average Bonchev–Trinajstić information content (AvgIpc) is 2.48. The molecule has 0 radical (unpaired) electrons. The molecule has 0 unspecified atom stereocenters. The van der Waals surface area contributed by atoms with Crippen molar-refractivity contribution in [1.29, 1.82) is 0 Å². The van der Waals surface area contributed by atoms with Crippen LogP contribution in [0.2, 0.25) is 5.02 Å². The number of benzene rings is 2. The number of amides is 2. The van der Waals surface area contributed by atoms with Gasteiger partial charge in [-0.05, 0) is 35.7 Å². The standard InChI is InChI=1S/C17H19ClN2O/c1-3-13-7-9-14(10-8-13)12-20(2)17(21)19-16-6-4-5-15(18)11-16/h4-11H,3,12H2,1-2H3,(H,19,21). The molecule has 2 aromatic carbocycles. The molecule has 2 amide bonds. The average molecular weight is 303 g/mol. The third-order valence-electron chi connectivity index (χ3n) is 3.27. The van der Waals surface area contributed by atoms with E-state index in [-0.39, 0.29) is 6.03 Å². The molecule has 110 valence electrons. The van der Waals surface area contributed by atoms with Crippen molar-refractivity contribution in [3.63, 3.8) is 0 Å². The molecule has 0 aromatic heterocycles. The van der Waals surface area contributed by atoms with Gasteiger partial charge < -0.3 is 10.2 Å². The predicted molar refractivity (Wildman–Crippen MR) is 87.8 cm³/mol. The number of halogens is 1. The Kier molecular flexibility index (Phi) is 5.23. The molecule has 0 saturated carbocycles. The van der Waals surface area contributed by atoms with E-state index >= 15 is 0 Å². The molecular formula is C17H19ClN2O.